The van der Waals surface area contributed by atoms with Gasteiger partial charge in [-0.05, 0) is 72.5 Å². The van der Waals surface area contributed by atoms with Gasteiger partial charge in [0.25, 0.3) is 5.91 Å². The molecule has 0 aromatic heterocycles. The Morgan fingerprint density at radius 2 is 1.60 bits per heavy atom. The maximum atomic E-state index is 13.1. The van der Waals surface area contributed by atoms with Crippen LogP contribution in [0.1, 0.15) is 34.3 Å². The molecule has 1 aliphatic carbocycles. The van der Waals surface area contributed by atoms with E-state index < -0.39 is 0 Å². The molecule has 0 bridgehead atoms. The SMILES string of the molecule is O=C(Nc1ccc2c3c(cccc13)CC2)C1CCN(C(=O)c2ccc(F)cc2)CC1. The molecule has 30 heavy (non-hydrogen) atoms. The Balaban J connectivity index is 1.25. The van der Waals surface area contributed by atoms with E-state index in [0.717, 1.165) is 23.9 Å². The highest BCUT2D eigenvalue weighted by molar-refractivity contribution is 6.05. The van der Waals surface area contributed by atoms with E-state index in [4.69, 9.17) is 0 Å². The lowest BCUT2D eigenvalue weighted by Crippen LogP contribution is -2.41. The number of nitrogens with one attached hydrogen (secondary N) is 1. The molecule has 2 amide bonds. The van der Waals surface area contributed by atoms with Crippen LogP contribution in [-0.2, 0) is 17.6 Å². The topological polar surface area (TPSA) is 49.4 Å². The molecule has 0 spiro atoms. The molecule has 1 fully saturated rings. The van der Waals surface area contributed by atoms with Crippen molar-refractivity contribution in [1.82, 2.24) is 4.90 Å². The Morgan fingerprint density at radius 1 is 0.900 bits per heavy atom. The minimum Gasteiger partial charge on any atom is -0.339 e. The number of hydrogen-bond donors (Lipinski definition) is 1. The van der Waals surface area contributed by atoms with E-state index in [0.29, 0.717) is 31.5 Å². The number of likely N-dealkylation sites (tertiary alicyclic amines) is 1. The molecule has 0 unspecified atom stereocenters. The van der Waals surface area contributed by atoms with Crippen LogP contribution in [0, 0.1) is 11.7 Å². The minimum atomic E-state index is -0.357. The second kappa shape index (κ2) is 7.56. The molecule has 0 saturated carbocycles. The summed E-state index contributed by atoms with van der Waals surface area (Å²) in [7, 11) is 0. The number of amides is 2. The average molecular weight is 402 g/mol. The van der Waals surface area contributed by atoms with Gasteiger partial charge in [0.1, 0.15) is 5.82 Å². The lowest BCUT2D eigenvalue weighted by atomic mass is 9.95. The molecule has 4 nitrogen and oxygen atoms in total. The number of benzene rings is 3. The van der Waals surface area contributed by atoms with Crippen LogP contribution in [-0.4, -0.2) is 29.8 Å². The van der Waals surface area contributed by atoms with E-state index in [2.05, 4.69) is 29.6 Å². The zero-order valence-electron chi connectivity index (χ0n) is 16.7. The van der Waals surface area contributed by atoms with Crippen molar-refractivity contribution in [3.63, 3.8) is 0 Å². The van der Waals surface area contributed by atoms with Gasteiger partial charge in [-0.15, -0.1) is 0 Å². The molecule has 5 rings (SSSR count). The van der Waals surface area contributed by atoms with Gasteiger partial charge in [0, 0.05) is 35.6 Å². The zero-order chi connectivity index (χ0) is 20.7. The van der Waals surface area contributed by atoms with Gasteiger partial charge in [-0.3, -0.25) is 9.59 Å². The molecule has 152 valence electrons. The second-order valence-corrected chi connectivity index (χ2v) is 8.17. The Hall–Kier alpha value is -3.21. The van der Waals surface area contributed by atoms with Crippen LogP contribution in [0.15, 0.2) is 54.6 Å². The van der Waals surface area contributed by atoms with Crippen molar-refractivity contribution >= 4 is 28.3 Å². The summed E-state index contributed by atoms with van der Waals surface area (Å²) in [6.45, 7) is 1.05. The number of carbonyl (C=O) groups excluding carboxylic acids is 2. The largest absolute Gasteiger partial charge is 0.339 e. The van der Waals surface area contributed by atoms with Gasteiger partial charge in [-0.25, -0.2) is 4.39 Å². The number of anilines is 1. The molecule has 5 heteroatoms. The predicted octanol–water partition coefficient (Wildman–Crippen LogP) is 4.57. The molecule has 1 aliphatic heterocycles. The van der Waals surface area contributed by atoms with Crippen LogP contribution in [0.3, 0.4) is 0 Å². The standard InChI is InChI=1S/C25H23FN2O2/c26-20-9-6-19(7-10-20)25(30)28-14-12-18(13-15-28)24(29)27-22-11-8-17-5-4-16-2-1-3-21(22)23(16)17/h1-3,6-11,18H,4-5,12-15H2,(H,27,29). The van der Waals surface area contributed by atoms with Gasteiger partial charge in [0.2, 0.25) is 5.91 Å². The van der Waals surface area contributed by atoms with Gasteiger partial charge in [0.05, 0.1) is 0 Å². The fourth-order valence-corrected chi connectivity index (χ4v) is 4.71. The van der Waals surface area contributed by atoms with Crippen LogP contribution >= 0.6 is 0 Å². The van der Waals surface area contributed by atoms with E-state index in [1.54, 1.807) is 4.90 Å². The van der Waals surface area contributed by atoms with Gasteiger partial charge in [0.15, 0.2) is 0 Å². The normalized spacial score (nSPS) is 16.1. The first-order chi connectivity index (χ1) is 14.6. The summed E-state index contributed by atoms with van der Waals surface area (Å²) >= 11 is 0. The van der Waals surface area contributed by atoms with Crippen LogP contribution in [0.2, 0.25) is 0 Å². The third-order valence-electron chi connectivity index (χ3n) is 6.38. The molecule has 1 saturated heterocycles. The second-order valence-electron chi connectivity index (χ2n) is 8.17. The van der Waals surface area contributed by atoms with Crippen LogP contribution in [0.5, 0.6) is 0 Å². The molecule has 3 aromatic rings. The van der Waals surface area contributed by atoms with E-state index in [1.165, 1.54) is 40.8 Å². The summed E-state index contributed by atoms with van der Waals surface area (Å²) in [6.07, 6.45) is 3.37. The van der Waals surface area contributed by atoms with Crippen molar-refractivity contribution in [2.45, 2.75) is 25.7 Å². The first-order valence-corrected chi connectivity index (χ1v) is 10.5. The highest BCUT2D eigenvalue weighted by atomic mass is 19.1. The fourth-order valence-electron chi connectivity index (χ4n) is 4.71. The van der Waals surface area contributed by atoms with Gasteiger partial charge in [-0.1, -0.05) is 24.3 Å². The van der Waals surface area contributed by atoms with Crippen LogP contribution < -0.4 is 5.32 Å². The third kappa shape index (κ3) is 3.34. The van der Waals surface area contributed by atoms with Gasteiger partial charge >= 0.3 is 0 Å². The van der Waals surface area contributed by atoms with Crippen LogP contribution in [0.25, 0.3) is 10.8 Å². The average Bonchev–Trinajstić information content (AvgIpc) is 3.20. The quantitative estimate of drug-likeness (QED) is 0.698. The zero-order valence-corrected chi connectivity index (χ0v) is 16.7. The van der Waals surface area contributed by atoms with Crippen molar-refractivity contribution in [3.05, 3.63) is 77.1 Å². The summed E-state index contributed by atoms with van der Waals surface area (Å²) in [5.74, 6) is -0.570. The van der Waals surface area contributed by atoms with Crippen molar-refractivity contribution in [2.75, 3.05) is 18.4 Å². The molecular formula is C25H23FN2O2. The Labute approximate surface area is 174 Å². The Morgan fingerprint density at radius 3 is 2.33 bits per heavy atom. The number of hydrogen-bond acceptors (Lipinski definition) is 2. The molecular weight excluding hydrogens is 379 g/mol. The van der Waals surface area contributed by atoms with Gasteiger partial charge < -0.3 is 10.2 Å². The summed E-state index contributed by atoms with van der Waals surface area (Å²) in [5, 5.41) is 5.53. The van der Waals surface area contributed by atoms with Gasteiger partial charge in [-0.2, -0.15) is 0 Å². The molecule has 1 N–H and O–H groups in total. The maximum absolute atomic E-state index is 13.1. The Kier molecular flexibility index (Phi) is 4.74. The molecule has 1 heterocycles. The Bertz CT molecular complexity index is 1120. The lowest BCUT2D eigenvalue weighted by Gasteiger charge is -2.31. The van der Waals surface area contributed by atoms with Crippen LogP contribution in [0.4, 0.5) is 10.1 Å². The maximum Gasteiger partial charge on any atom is 0.253 e. The number of halogens is 1. The smallest absolute Gasteiger partial charge is 0.253 e. The highest BCUT2D eigenvalue weighted by Crippen LogP contribution is 2.35. The molecule has 3 aromatic carbocycles. The van der Waals surface area contributed by atoms with E-state index >= 15 is 0 Å². The van der Waals surface area contributed by atoms with Crippen molar-refractivity contribution < 1.29 is 14.0 Å². The summed E-state index contributed by atoms with van der Waals surface area (Å²) < 4.78 is 13.1. The third-order valence-corrected chi connectivity index (χ3v) is 6.38. The molecule has 0 atom stereocenters. The highest BCUT2D eigenvalue weighted by Gasteiger charge is 2.28. The van der Waals surface area contributed by atoms with E-state index in [-0.39, 0.29) is 23.5 Å². The molecule has 0 radical (unpaired) electrons. The van der Waals surface area contributed by atoms with Crippen molar-refractivity contribution in [3.8, 4) is 0 Å². The van der Waals surface area contributed by atoms with E-state index in [9.17, 15) is 14.0 Å². The minimum absolute atomic E-state index is 0.0163. The summed E-state index contributed by atoms with van der Waals surface area (Å²) in [5.41, 5.74) is 4.05. The summed E-state index contributed by atoms with van der Waals surface area (Å²) in [6, 6.07) is 16.0. The van der Waals surface area contributed by atoms with E-state index in [1.807, 2.05) is 6.07 Å². The monoisotopic (exact) mass is 402 g/mol. The first-order valence-electron chi connectivity index (χ1n) is 10.5. The number of nitrogens with zero attached hydrogens (tertiary/aromatic N) is 1. The number of aryl methyl sites for hydroxylation is 2. The lowest BCUT2D eigenvalue weighted by molar-refractivity contribution is -0.121. The predicted molar refractivity (Wildman–Crippen MR) is 115 cm³/mol. The number of carbonyl (C=O) groups is 2. The molecule has 2 aliphatic rings. The van der Waals surface area contributed by atoms with Crippen molar-refractivity contribution in [1.29, 1.82) is 0 Å². The number of piperidine rings is 1. The number of rotatable bonds is 3. The fraction of sp³-hybridized carbons (Fsp3) is 0.280. The summed E-state index contributed by atoms with van der Waals surface area (Å²) in [4.78, 5) is 27.3. The van der Waals surface area contributed by atoms with Crippen molar-refractivity contribution in [2.24, 2.45) is 5.92 Å². The first kappa shape index (κ1) is 18.8.